The highest BCUT2D eigenvalue weighted by molar-refractivity contribution is 8.87. The van der Waals surface area contributed by atoms with Gasteiger partial charge in [-0.1, -0.05) is 118 Å². The van der Waals surface area contributed by atoms with Crippen LogP contribution in [-0.4, -0.2) is 18.3 Å². The maximum Gasteiger partial charge on any atom is 0.00343 e. The largest absolute Gasteiger partial charge is 0.198 e. The van der Waals surface area contributed by atoms with Crippen molar-refractivity contribution >= 4 is 20.7 Å². The summed E-state index contributed by atoms with van der Waals surface area (Å²) in [6, 6.07) is 18.5. The molecule has 2 heteroatoms. The van der Waals surface area contributed by atoms with Crippen molar-refractivity contribution in [3.8, 4) is 11.1 Å². The van der Waals surface area contributed by atoms with Crippen LogP contribution < -0.4 is 0 Å². The van der Waals surface area contributed by atoms with Crippen LogP contribution in [0, 0.1) is 0 Å². The lowest BCUT2D eigenvalue weighted by atomic mass is 9.97. The smallest absolute Gasteiger partial charge is 0.00343 e. The highest BCUT2D eigenvalue weighted by atomic mass is 33.1. The number of unbranched alkanes of at least 4 members (excludes halogenated alkanes) is 1. The molecule has 0 bridgehead atoms. The normalized spacial score (nSPS) is 12.9. The topological polar surface area (TPSA) is 0 Å². The van der Waals surface area contributed by atoms with Gasteiger partial charge in [0.15, 0.2) is 0 Å². The van der Waals surface area contributed by atoms with Crippen molar-refractivity contribution in [1.29, 1.82) is 0 Å². The summed E-state index contributed by atoms with van der Waals surface area (Å²) >= 11 is 4.81. The first-order valence-corrected chi connectivity index (χ1v) is 21.5. The summed E-state index contributed by atoms with van der Waals surface area (Å²) in [6.45, 7) is 15.4. The summed E-state index contributed by atoms with van der Waals surface area (Å²) in [4.78, 5) is 0. The number of thiol groups is 1. The van der Waals surface area contributed by atoms with E-state index in [2.05, 4.69) is 146 Å². The molecule has 0 aromatic heterocycles. The summed E-state index contributed by atoms with van der Waals surface area (Å²) in [7, 11) is -0.815. The molecule has 0 nitrogen and oxygen atoms in total. The average molecular weight is 671 g/mol. The fourth-order valence-corrected chi connectivity index (χ4v) is 6.27. The number of hydrogen-bond donors (Lipinski definition) is 1. The predicted octanol–water partition coefficient (Wildman–Crippen LogP) is 14.6. The second-order valence-electron chi connectivity index (χ2n) is 14.5. The standard InChI is InChI=1S/C45H66S2/c1-36(2)14-12-15-39(7)16-13-19-40(22-20-37(3)4)17-10-11-18-41-26-30-44(31-27-41)45-32-28-42(29-33-45)24-25-43(23-21-38(5)6)34-35-47(8,9)46/h14,16-17,20-21,26-34,46H,10-13,15,18-19,22-25,35H2,1-9H3. The van der Waals surface area contributed by atoms with Crippen LogP contribution in [-0.2, 0) is 12.8 Å². The molecule has 0 amide bonds. The van der Waals surface area contributed by atoms with Gasteiger partial charge in [0.1, 0.15) is 0 Å². The van der Waals surface area contributed by atoms with Crippen LogP contribution in [0.15, 0.2) is 118 Å². The van der Waals surface area contributed by atoms with Crippen molar-refractivity contribution in [2.24, 2.45) is 0 Å². The molecule has 2 aromatic rings. The Morgan fingerprint density at radius 2 is 1.02 bits per heavy atom. The van der Waals surface area contributed by atoms with E-state index in [1.54, 1.807) is 5.57 Å². The number of rotatable bonds is 20. The van der Waals surface area contributed by atoms with E-state index in [0.717, 1.165) is 57.1 Å². The summed E-state index contributed by atoms with van der Waals surface area (Å²) in [5, 5.41) is 0. The van der Waals surface area contributed by atoms with Crippen molar-refractivity contribution in [3.63, 3.8) is 0 Å². The zero-order valence-corrected chi connectivity index (χ0v) is 33.1. The van der Waals surface area contributed by atoms with Crippen LogP contribution in [0.4, 0.5) is 0 Å². The van der Waals surface area contributed by atoms with Crippen LogP contribution in [0.1, 0.15) is 117 Å². The molecule has 0 saturated heterocycles. The molecule has 0 aliphatic rings. The Kier molecular flexibility index (Phi) is 19.3. The van der Waals surface area contributed by atoms with Crippen molar-refractivity contribution in [2.45, 2.75) is 119 Å². The SMILES string of the molecule is CC(C)=CCCC(C)=CCCC(=CCCCc1ccc(-c2ccc(CCC(=CCS(C)(C)S)CC=C(C)C)cc2)cc1)CC=C(C)C. The lowest BCUT2D eigenvalue weighted by Crippen LogP contribution is -1.95. The van der Waals surface area contributed by atoms with E-state index in [4.69, 9.17) is 11.7 Å². The van der Waals surface area contributed by atoms with Gasteiger partial charge in [-0.05, 0) is 154 Å². The molecule has 0 fully saturated rings. The number of allylic oxidation sites excluding steroid dienone is 11. The van der Waals surface area contributed by atoms with E-state index in [-0.39, 0.29) is 0 Å². The Hall–Kier alpha value is -2.42. The zero-order chi connectivity index (χ0) is 34.7. The monoisotopic (exact) mass is 670 g/mol. The minimum atomic E-state index is -0.815. The predicted molar refractivity (Wildman–Crippen MR) is 222 cm³/mol. The maximum absolute atomic E-state index is 4.81. The molecule has 0 atom stereocenters. The first-order valence-electron chi connectivity index (χ1n) is 17.8. The summed E-state index contributed by atoms with van der Waals surface area (Å²) in [6.07, 6.45) is 31.5. The Labute approximate surface area is 297 Å². The molecule has 0 saturated carbocycles. The lowest BCUT2D eigenvalue weighted by Gasteiger charge is -2.22. The van der Waals surface area contributed by atoms with Crippen LogP contribution in [0.3, 0.4) is 0 Å². The van der Waals surface area contributed by atoms with Gasteiger partial charge in [-0.25, -0.2) is 0 Å². The van der Waals surface area contributed by atoms with Crippen LogP contribution in [0.5, 0.6) is 0 Å². The lowest BCUT2D eigenvalue weighted by molar-refractivity contribution is 0.821. The number of benzene rings is 2. The van der Waals surface area contributed by atoms with Gasteiger partial charge in [-0.3, -0.25) is 0 Å². The molecular formula is C45H66S2. The first-order chi connectivity index (χ1) is 22.3. The molecule has 0 heterocycles. The van der Waals surface area contributed by atoms with Crippen molar-refractivity contribution in [1.82, 2.24) is 0 Å². The highest BCUT2D eigenvalue weighted by Gasteiger charge is 2.06. The molecule has 0 aliphatic carbocycles. The summed E-state index contributed by atoms with van der Waals surface area (Å²) < 4.78 is 0. The van der Waals surface area contributed by atoms with E-state index >= 15 is 0 Å². The summed E-state index contributed by atoms with van der Waals surface area (Å²) in [5.41, 5.74) is 14.3. The Morgan fingerprint density at radius 3 is 1.53 bits per heavy atom. The van der Waals surface area contributed by atoms with Gasteiger partial charge in [0, 0.05) is 5.75 Å². The fourth-order valence-electron chi connectivity index (χ4n) is 5.41. The van der Waals surface area contributed by atoms with E-state index in [1.807, 2.05) is 0 Å². The minimum Gasteiger partial charge on any atom is -0.198 e. The van der Waals surface area contributed by atoms with Gasteiger partial charge in [-0.2, -0.15) is 9.06 Å². The molecular weight excluding hydrogens is 605 g/mol. The third-order valence-electron chi connectivity index (χ3n) is 8.45. The van der Waals surface area contributed by atoms with Gasteiger partial charge in [0.05, 0.1) is 0 Å². The van der Waals surface area contributed by atoms with E-state index in [0.29, 0.717) is 0 Å². The highest BCUT2D eigenvalue weighted by Crippen LogP contribution is 2.44. The third-order valence-corrected chi connectivity index (χ3v) is 9.88. The molecule has 0 radical (unpaired) electrons. The number of hydrogen-bond acceptors (Lipinski definition) is 1. The van der Waals surface area contributed by atoms with Crippen molar-refractivity contribution in [2.75, 3.05) is 18.3 Å². The molecule has 0 aliphatic heterocycles. The van der Waals surface area contributed by atoms with Gasteiger partial charge in [0.2, 0.25) is 0 Å². The van der Waals surface area contributed by atoms with E-state index < -0.39 is 9.06 Å². The minimum absolute atomic E-state index is 0.815. The second kappa shape index (κ2) is 22.3. The molecule has 0 unspecified atom stereocenters. The molecule has 0 N–H and O–H groups in total. The molecule has 47 heavy (non-hydrogen) atoms. The Bertz CT molecular complexity index is 1370. The van der Waals surface area contributed by atoms with Crippen LogP contribution >= 0.6 is 20.7 Å². The van der Waals surface area contributed by atoms with Gasteiger partial charge in [0.25, 0.3) is 0 Å². The molecule has 258 valence electrons. The maximum atomic E-state index is 4.81. The van der Waals surface area contributed by atoms with E-state index in [9.17, 15) is 0 Å². The Morgan fingerprint density at radius 1 is 0.532 bits per heavy atom. The second-order valence-corrected chi connectivity index (χ2v) is 20.8. The zero-order valence-electron chi connectivity index (χ0n) is 31.4. The van der Waals surface area contributed by atoms with Gasteiger partial charge >= 0.3 is 0 Å². The van der Waals surface area contributed by atoms with Crippen molar-refractivity contribution in [3.05, 3.63) is 130 Å². The fraction of sp³-hybridized carbons (Fsp3) is 0.467. The molecule has 2 rings (SSSR count). The van der Waals surface area contributed by atoms with Gasteiger partial charge in [-0.15, -0.1) is 11.7 Å². The molecule has 0 spiro atoms. The Balaban J connectivity index is 1.90. The van der Waals surface area contributed by atoms with E-state index in [1.165, 1.54) is 69.4 Å². The van der Waals surface area contributed by atoms with Crippen LogP contribution in [0.25, 0.3) is 11.1 Å². The first kappa shape index (κ1) is 40.8. The van der Waals surface area contributed by atoms with Crippen LogP contribution in [0.2, 0.25) is 0 Å². The molecule has 2 aromatic carbocycles. The third kappa shape index (κ3) is 19.9. The van der Waals surface area contributed by atoms with Gasteiger partial charge < -0.3 is 0 Å². The van der Waals surface area contributed by atoms with Crippen molar-refractivity contribution < 1.29 is 0 Å². The number of aryl methyl sites for hydroxylation is 2. The summed E-state index contributed by atoms with van der Waals surface area (Å²) in [5.74, 6) is 1.08. The average Bonchev–Trinajstić information content (AvgIpc) is 3.01. The quantitative estimate of drug-likeness (QED) is 0.0616.